The van der Waals surface area contributed by atoms with Crippen LogP contribution in [0.2, 0.25) is 0 Å². The molecule has 0 aromatic heterocycles. The van der Waals surface area contributed by atoms with Gasteiger partial charge in [0, 0.05) is 12.6 Å². The summed E-state index contributed by atoms with van der Waals surface area (Å²) >= 11 is 0. The zero-order chi connectivity index (χ0) is 12.9. The molecule has 102 valence electrons. The van der Waals surface area contributed by atoms with E-state index < -0.39 is 5.60 Å². The number of rotatable bonds is 1. The van der Waals surface area contributed by atoms with E-state index in [9.17, 15) is 5.11 Å². The molecule has 3 aliphatic heterocycles. The molecular weight excluding hydrogens is 236 g/mol. The standard InChI is InChI=1S/C16H22N2O/c19-16(8-11-18-10-3-6-14(16)18)15-13-5-2-1-4-12(13)7-9-17-15/h1-2,4-5,14-15,17,19H,3,6-11H2. The van der Waals surface area contributed by atoms with Crippen LogP contribution in [-0.2, 0) is 6.42 Å². The van der Waals surface area contributed by atoms with Gasteiger partial charge in [0.15, 0.2) is 0 Å². The Labute approximate surface area is 114 Å². The Morgan fingerprint density at radius 1 is 1.26 bits per heavy atom. The second kappa shape index (κ2) is 4.30. The SMILES string of the molecule is OC1(C2NCCc3ccccc32)CCN2CCCC21. The van der Waals surface area contributed by atoms with E-state index in [1.165, 1.54) is 24.1 Å². The van der Waals surface area contributed by atoms with Crippen LogP contribution in [0.25, 0.3) is 0 Å². The summed E-state index contributed by atoms with van der Waals surface area (Å²) in [4.78, 5) is 2.49. The molecule has 0 spiro atoms. The molecule has 2 fully saturated rings. The van der Waals surface area contributed by atoms with Crippen molar-refractivity contribution in [3.05, 3.63) is 35.4 Å². The molecule has 19 heavy (non-hydrogen) atoms. The molecule has 0 radical (unpaired) electrons. The summed E-state index contributed by atoms with van der Waals surface area (Å²) in [7, 11) is 0. The first-order valence-corrected chi connectivity index (χ1v) is 7.57. The largest absolute Gasteiger partial charge is 0.386 e. The highest BCUT2D eigenvalue weighted by Gasteiger charge is 2.53. The topological polar surface area (TPSA) is 35.5 Å². The monoisotopic (exact) mass is 258 g/mol. The lowest BCUT2D eigenvalue weighted by atomic mass is 9.78. The van der Waals surface area contributed by atoms with Crippen molar-refractivity contribution < 1.29 is 5.11 Å². The second-order valence-electron chi connectivity index (χ2n) is 6.27. The Hall–Kier alpha value is -0.900. The first-order chi connectivity index (χ1) is 9.29. The van der Waals surface area contributed by atoms with Crippen molar-refractivity contribution in [1.29, 1.82) is 0 Å². The van der Waals surface area contributed by atoms with Crippen LogP contribution in [0.15, 0.2) is 24.3 Å². The number of nitrogens with one attached hydrogen (secondary N) is 1. The predicted molar refractivity (Wildman–Crippen MR) is 75.1 cm³/mol. The Balaban J connectivity index is 1.73. The molecule has 1 aromatic rings. The lowest BCUT2D eigenvalue weighted by Gasteiger charge is -2.41. The molecule has 2 saturated heterocycles. The van der Waals surface area contributed by atoms with Crippen molar-refractivity contribution in [2.75, 3.05) is 19.6 Å². The summed E-state index contributed by atoms with van der Waals surface area (Å²) in [6.07, 6.45) is 4.37. The van der Waals surface area contributed by atoms with E-state index in [2.05, 4.69) is 34.5 Å². The van der Waals surface area contributed by atoms with Crippen molar-refractivity contribution in [2.24, 2.45) is 0 Å². The van der Waals surface area contributed by atoms with Crippen LogP contribution in [0.1, 0.15) is 36.4 Å². The van der Waals surface area contributed by atoms with Crippen LogP contribution < -0.4 is 5.32 Å². The van der Waals surface area contributed by atoms with Gasteiger partial charge in [-0.1, -0.05) is 24.3 Å². The van der Waals surface area contributed by atoms with Gasteiger partial charge in [0.1, 0.15) is 5.60 Å². The highest BCUT2D eigenvalue weighted by Crippen LogP contribution is 2.45. The van der Waals surface area contributed by atoms with E-state index in [0.29, 0.717) is 6.04 Å². The van der Waals surface area contributed by atoms with E-state index in [1.807, 2.05) is 0 Å². The van der Waals surface area contributed by atoms with Crippen molar-refractivity contribution in [2.45, 2.75) is 43.4 Å². The fourth-order valence-electron chi connectivity index (χ4n) is 4.44. The quantitative estimate of drug-likeness (QED) is 0.801. The second-order valence-corrected chi connectivity index (χ2v) is 6.27. The van der Waals surface area contributed by atoms with Crippen LogP contribution >= 0.6 is 0 Å². The summed E-state index contributed by atoms with van der Waals surface area (Å²) < 4.78 is 0. The Bertz CT molecular complexity index is 489. The number of hydrogen-bond acceptors (Lipinski definition) is 3. The van der Waals surface area contributed by atoms with Crippen LogP contribution in [0.3, 0.4) is 0 Å². The van der Waals surface area contributed by atoms with Crippen LogP contribution in [0.5, 0.6) is 0 Å². The van der Waals surface area contributed by atoms with Crippen molar-refractivity contribution >= 4 is 0 Å². The maximum absolute atomic E-state index is 11.3. The van der Waals surface area contributed by atoms with E-state index in [1.54, 1.807) is 0 Å². The third-order valence-corrected chi connectivity index (χ3v) is 5.35. The minimum Gasteiger partial charge on any atom is -0.386 e. The van der Waals surface area contributed by atoms with Crippen LogP contribution in [0, 0.1) is 0 Å². The molecule has 3 unspecified atom stereocenters. The Morgan fingerprint density at radius 3 is 3.11 bits per heavy atom. The summed E-state index contributed by atoms with van der Waals surface area (Å²) in [6, 6.07) is 9.10. The van der Waals surface area contributed by atoms with Crippen molar-refractivity contribution in [3.63, 3.8) is 0 Å². The number of hydrogen-bond donors (Lipinski definition) is 2. The predicted octanol–water partition coefficient (Wildman–Crippen LogP) is 1.47. The maximum atomic E-state index is 11.3. The van der Waals surface area contributed by atoms with Gasteiger partial charge in [-0.25, -0.2) is 0 Å². The molecule has 3 heterocycles. The molecular formula is C16H22N2O. The van der Waals surface area contributed by atoms with Gasteiger partial charge in [0.25, 0.3) is 0 Å². The zero-order valence-corrected chi connectivity index (χ0v) is 11.3. The number of aliphatic hydroxyl groups is 1. The van der Waals surface area contributed by atoms with Gasteiger partial charge >= 0.3 is 0 Å². The van der Waals surface area contributed by atoms with E-state index in [0.717, 1.165) is 32.4 Å². The molecule has 0 amide bonds. The highest BCUT2D eigenvalue weighted by atomic mass is 16.3. The van der Waals surface area contributed by atoms with Crippen molar-refractivity contribution in [1.82, 2.24) is 10.2 Å². The lowest BCUT2D eigenvalue weighted by molar-refractivity contribution is -0.0241. The molecule has 3 nitrogen and oxygen atoms in total. The third-order valence-electron chi connectivity index (χ3n) is 5.35. The normalized spacial score (nSPS) is 38.2. The average Bonchev–Trinajstić information content (AvgIpc) is 3.03. The summed E-state index contributed by atoms with van der Waals surface area (Å²) in [6.45, 7) is 3.21. The maximum Gasteiger partial charge on any atom is 0.101 e. The first kappa shape index (κ1) is 11.9. The van der Waals surface area contributed by atoms with Gasteiger partial charge in [0.2, 0.25) is 0 Å². The Morgan fingerprint density at radius 2 is 2.16 bits per heavy atom. The minimum atomic E-state index is -0.576. The molecule has 3 heteroatoms. The van der Waals surface area contributed by atoms with Gasteiger partial charge in [-0.3, -0.25) is 4.90 Å². The smallest absolute Gasteiger partial charge is 0.101 e. The summed E-state index contributed by atoms with van der Waals surface area (Å²) in [5.74, 6) is 0. The van der Waals surface area contributed by atoms with Gasteiger partial charge in [-0.15, -0.1) is 0 Å². The minimum absolute atomic E-state index is 0.116. The van der Waals surface area contributed by atoms with Gasteiger partial charge in [0.05, 0.1) is 6.04 Å². The van der Waals surface area contributed by atoms with Gasteiger partial charge in [-0.05, 0) is 49.9 Å². The number of benzene rings is 1. The molecule has 1 aromatic carbocycles. The van der Waals surface area contributed by atoms with Crippen molar-refractivity contribution in [3.8, 4) is 0 Å². The fraction of sp³-hybridized carbons (Fsp3) is 0.625. The van der Waals surface area contributed by atoms with Gasteiger partial charge in [-0.2, -0.15) is 0 Å². The molecule has 2 N–H and O–H groups in total. The highest BCUT2D eigenvalue weighted by molar-refractivity contribution is 5.35. The molecule has 4 rings (SSSR count). The fourth-order valence-corrected chi connectivity index (χ4v) is 4.44. The van der Waals surface area contributed by atoms with E-state index in [-0.39, 0.29) is 6.04 Å². The van der Waals surface area contributed by atoms with E-state index >= 15 is 0 Å². The first-order valence-electron chi connectivity index (χ1n) is 7.57. The summed E-state index contributed by atoms with van der Waals surface area (Å²) in [5.41, 5.74) is 2.16. The zero-order valence-electron chi connectivity index (χ0n) is 11.3. The molecule has 0 bridgehead atoms. The molecule has 3 atom stereocenters. The van der Waals surface area contributed by atoms with Gasteiger partial charge < -0.3 is 10.4 Å². The van der Waals surface area contributed by atoms with Crippen LogP contribution in [-0.4, -0.2) is 41.3 Å². The lowest BCUT2D eigenvalue weighted by Crippen LogP contribution is -2.53. The number of nitrogens with zero attached hydrogens (tertiary/aromatic N) is 1. The molecule has 3 aliphatic rings. The number of fused-ring (bicyclic) bond motifs is 2. The molecule has 0 aliphatic carbocycles. The molecule has 0 saturated carbocycles. The third kappa shape index (κ3) is 1.69. The Kier molecular flexibility index (Phi) is 2.69. The van der Waals surface area contributed by atoms with E-state index in [4.69, 9.17) is 0 Å². The summed E-state index contributed by atoms with van der Waals surface area (Å²) in [5, 5.41) is 14.9. The average molecular weight is 258 g/mol. The van der Waals surface area contributed by atoms with Crippen LogP contribution in [0.4, 0.5) is 0 Å².